The second kappa shape index (κ2) is 10.0. The lowest BCUT2D eigenvalue weighted by molar-refractivity contribution is -0.205. The molecular weight excluding hydrogens is 327 g/mol. The summed E-state index contributed by atoms with van der Waals surface area (Å²) in [4.78, 5) is 0. The van der Waals surface area contributed by atoms with Crippen molar-refractivity contribution >= 4 is 0 Å². The van der Waals surface area contributed by atoms with E-state index in [0.29, 0.717) is 18.3 Å². The minimum atomic E-state index is -0.228. The number of allylic oxidation sites excluding steroid dienone is 4. The summed E-state index contributed by atoms with van der Waals surface area (Å²) in [6.07, 6.45) is 12.7. The van der Waals surface area contributed by atoms with E-state index >= 15 is 0 Å². The first kappa shape index (κ1) is 19.3. The van der Waals surface area contributed by atoms with Gasteiger partial charge in [0.05, 0.1) is 19.0 Å². The fraction of sp³-hybridized carbons (Fsp3) is 0.565. The van der Waals surface area contributed by atoms with Crippen LogP contribution in [0.3, 0.4) is 0 Å². The Morgan fingerprint density at radius 2 is 1.85 bits per heavy atom. The molecule has 1 fully saturated rings. The van der Waals surface area contributed by atoms with E-state index in [2.05, 4.69) is 43.3 Å². The van der Waals surface area contributed by atoms with E-state index in [0.717, 1.165) is 57.3 Å². The average molecular weight is 358 g/mol. The Kier molecular flexibility index (Phi) is 7.45. The van der Waals surface area contributed by atoms with Crippen molar-refractivity contribution in [3.05, 3.63) is 59.4 Å². The van der Waals surface area contributed by atoms with Crippen LogP contribution in [0.5, 0.6) is 0 Å². The molecule has 3 rings (SSSR count). The van der Waals surface area contributed by atoms with Gasteiger partial charge >= 0.3 is 0 Å². The number of halogens is 1. The third kappa shape index (κ3) is 5.78. The highest BCUT2D eigenvalue weighted by molar-refractivity contribution is 5.23. The Morgan fingerprint density at radius 1 is 1.08 bits per heavy atom. The summed E-state index contributed by atoms with van der Waals surface area (Å²) in [5.41, 5.74) is 2.44. The molecule has 1 unspecified atom stereocenters. The van der Waals surface area contributed by atoms with Gasteiger partial charge in [-0.2, -0.15) is 0 Å². The molecule has 2 nitrogen and oxygen atoms in total. The molecule has 0 radical (unpaired) electrons. The minimum Gasteiger partial charge on any atom is -0.348 e. The van der Waals surface area contributed by atoms with E-state index in [1.807, 2.05) is 0 Å². The maximum Gasteiger partial charge on any atom is 0.183 e. The van der Waals surface area contributed by atoms with E-state index in [4.69, 9.17) is 9.47 Å². The van der Waals surface area contributed by atoms with Gasteiger partial charge in [0.2, 0.25) is 0 Å². The number of hydrogen-bond acceptors (Lipinski definition) is 2. The maximum atomic E-state index is 13.1. The number of rotatable bonds is 7. The summed E-state index contributed by atoms with van der Waals surface area (Å²) in [5, 5.41) is 0. The minimum absolute atomic E-state index is 0.0714. The van der Waals surface area contributed by atoms with Crippen LogP contribution in [0.15, 0.2) is 48.3 Å². The third-order valence-electron chi connectivity index (χ3n) is 5.50. The molecule has 0 aromatic heterocycles. The number of ether oxygens (including phenoxy) is 2. The Bertz CT molecular complexity index is 597. The van der Waals surface area contributed by atoms with E-state index in [1.54, 1.807) is 6.08 Å². The molecule has 0 saturated carbocycles. The zero-order valence-corrected chi connectivity index (χ0v) is 15.8. The molecule has 26 heavy (non-hydrogen) atoms. The van der Waals surface area contributed by atoms with Crippen molar-refractivity contribution in [1.29, 1.82) is 0 Å². The van der Waals surface area contributed by atoms with Gasteiger partial charge in [-0.15, -0.1) is 0 Å². The van der Waals surface area contributed by atoms with E-state index in [1.165, 1.54) is 5.56 Å². The molecule has 3 heteroatoms. The summed E-state index contributed by atoms with van der Waals surface area (Å²) < 4.78 is 24.9. The second-order valence-electron chi connectivity index (χ2n) is 7.58. The molecule has 0 spiro atoms. The van der Waals surface area contributed by atoms with Gasteiger partial charge in [-0.1, -0.05) is 42.5 Å². The Hall–Kier alpha value is -1.45. The lowest BCUT2D eigenvalue weighted by Crippen LogP contribution is -2.27. The second-order valence-corrected chi connectivity index (χ2v) is 7.58. The van der Waals surface area contributed by atoms with Crippen LogP contribution in [0.25, 0.3) is 0 Å². The molecule has 0 N–H and O–H groups in total. The van der Waals surface area contributed by atoms with Gasteiger partial charge in [-0.25, -0.2) is 4.39 Å². The van der Waals surface area contributed by atoms with Crippen molar-refractivity contribution in [2.75, 3.05) is 13.2 Å². The van der Waals surface area contributed by atoms with Crippen LogP contribution in [0.1, 0.15) is 62.9 Å². The SMILES string of the molecule is C/C=C/CCC1COC(c2ccc(CCC3CC=C(F)CC3)cc2)OC1. The molecular formula is C23H31FO2. The van der Waals surface area contributed by atoms with Crippen LogP contribution in [0.2, 0.25) is 0 Å². The predicted molar refractivity (Wildman–Crippen MR) is 103 cm³/mol. The standard InChI is InChI=1S/C23H31FO2/c1-2-3-4-5-20-16-25-23(26-17-20)21-12-8-18(9-13-21)6-7-19-10-14-22(24)15-11-19/h2-3,8-9,12-14,19-20,23H,4-7,10-11,15-17H2,1H3/b3-2+. The molecule has 1 heterocycles. The highest BCUT2D eigenvalue weighted by Gasteiger charge is 2.23. The van der Waals surface area contributed by atoms with Crippen molar-refractivity contribution in [2.24, 2.45) is 11.8 Å². The first-order chi connectivity index (χ1) is 12.7. The van der Waals surface area contributed by atoms with Gasteiger partial charge in [-0.3, -0.25) is 0 Å². The smallest absolute Gasteiger partial charge is 0.183 e. The largest absolute Gasteiger partial charge is 0.348 e. The van der Waals surface area contributed by atoms with Crippen molar-refractivity contribution < 1.29 is 13.9 Å². The van der Waals surface area contributed by atoms with Gasteiger partial charge in [0.25, 0.3) is 0 Å². The zero-order chi connectivity index (χ0) is 18.2. The van der Waals surface area contributed by atoms with Crippen LogP contribution >= 0.6 is 0 Å². The fourth-order valence-corrected chi connectivity index (χ4v) is 3.73. The topological polar surface area (TPSA) is 18.5 Å². The molecule has 0 bridgehead atoms. The number of benzene rings is 1. The van der Waals surface area contributed by atoms with Crippen LogP contribution in [-0.2, 0) is 15.9 Å². The lowest BCUT2D eigenvalue weighted by atomic mass is 9.88. The maximum absolute atomic E-state index is 13.1. The van der Waals surface area contributed by atoms with Crippen molar-refractivity contribution in [3.63, 3.8) is 0 Å². The summed E-state index contributed by atoms with van der Waals surface area (Å²) in [6.45, 7) is 3.60. The lowest BCUT2D eigenvalue weighted by Gasteiger charge is -2.29. The third-order valence-corrected chi connectivity index (χ3v) is 5.50. The van der Waals surface area contributed by atoms with Crippen molar-refractivity contribution in [3.8, 4) is 0 Å². The summed E-state index contributed by atoms with van der Waals surface area (Å²) >= 11 is 0. The first-order valence-corrected chi connectivity index (χ1v) is 10.0. The number of hydrogen-bond donors (Lipinski definition) is 0. The summed E-state index contributed by atoms with van der Waals surface area (Å²) in [5.74, 6) is 1.19. The van der Waals surface area contributed by atoms with Gasteiger partial charge < -0.3 is 9.47 Å². The average Bonchev–Trinajstić information content (AvgIpc) is 2.69. The fourth-order valence-electron chi connectivity index (χ4n) is 3.73. The van der Waals surface area contributed by atoms with E-state index in [-0.39, 0.29) is 12.1 Å². The van der Waals surface area contributed by atoms with Crippen LogP contribution in [0.4, 0.5) is 4.39 Å². The predicted octanol–water partition coefficient (Wildman–Crippen LogP) is 6.29. The van der Waals surface area contributed by atoms with E-state index in [9.17, 15) is 4.39 Å². The quantitative estimate of drug-likeness (QED) is 0.533. The van der Waals surface area contributed by atoms with E-state index < -0.39 is 0 Å². The summed E-state index contributed by atoms with van der Waals surface area (Å²) in [7, 11) is 0. The first-order valence-electron chi connectivity index (χ1n) is 10.0. The van der Waals surface area contributed by atoms with Crippen molar-refractivity contribution in [1.82, 2.24) is 0 Å². The molecule has 1 saturated heterocycles. The normalized spacial score (nSPS) is 26.8. The van der Waals surface area contributed by atoms with Gasteiger partial charge in [0.1, 0.15) is 0 Å². The molecule has 1 aliphatic carbocycles. The molecule has 1 aromatic rings. The Balaban J connectivity index is 1.42. The van der Waals surface area contributed by atoms with Crippen LogP contribution < -0.4 is 0 Å². The molecule has 142 valence electrons. The zero-order valence-electron chi connectivity index (χ0n) is 15.8. The summed E-state index contributed by atoms with van der Waals surface area (Å²) in [6, 6.07) is 8.61. The van der Waals surface area contributed by atoms with Gasteiger partial charge in [0, 0.05) is 11.5 Å². The molecule has 2 aliphatic rings. The highest BCUT2D eigenvalue weighted by Crippen LogP contribution is 2.29. The Morgan fingerprint density at radius 3 is 2.50 bits per heavy atom. The van der Waals surface area contributed by atoms with Crippen LogP contribution in [0, 0.1) is 11.8 Å². The van der Waals surface area contributed by atoms with Crippen LogP contribution in [-0.4, -0.2) is 13.2 Å². The molecule has 1 aromatic carbocycles. The molecule has 1 atom stereocenters. The van der Waals surface area contributed by atoms with Gasteiger partial charge in [0.15, 0.2) is 6.29 Å². The Labute approximate surface area is 157 Å². The number of aryl methyl sites for hydroxylation is 1. The molecule has 0 amide bonds. The highest BCUT2D eigenvalue weighted by atomic mass is 19.1. The van der Waals surface area contributed by atoms with Crippen molar-refractivity contribution in [2.45, 2.75) is 58.2 Å². The molecule has 1 aliphatic heterocycles. The monoisotopic (exact) mass is 358 g/mol. The van der Waals surface area contributed by atoms with Gasteiger partial charge in [-0.05, 0) is 63.4 Å².